The number of rotatable bonds is 1. The van der Waals surface area contributed by atoms with Crippen molar-refractivity contribution in [2.75, 3.05) is 0 Å². The lowest BCUT2D eigenvalue weighted by molar-refractivity contribution is -0.229. The maximum absolute atomic E-state index is 13.1. The van der Waals surface area contributed by atoms with Crippen LogP contribution in [0.15, 0.2) is 12.2 Å². The molecule has 0 aromatic heterocycles. The standard InChI is InChI=1S/C20H28O5/c1-10-11-5-6-12-18(2)7-4-8-19(3,17(24)25)13(18)9-14(21)20(12,15(10)22)16(11)23/h11-14,16,21,23H,1,4-9H2,2-3H3,(H,24,25)/t11-,12-,13-,14+,16+,18-,19-,20-/m0/s1. The van der Waals surface area contributed by atoms with Crippen molar-refractivity contribution in [2.24, 2.45) is 34.0 Å². The van der Waals surface area contributed by atoms with Crippen LogP contribution in [0.3, 0.4) is 0 Å². The van der Waals surface area contributed by atoms with Crippen LogP contribution in [0.4, 0.5) is 0 Å². The van der Waals surface area contributed by atoms with Crippen LogP contribution in [0.1, 0.15) is 52.4 Å². The van der Waals surface area contributed by atoms with Crippen molar-refractivity contribution in [3.05, 3.63) is 12.2 Å². The minimum Gasteiger partial charge on any atom is -0.481 e. The zero-order valence-electron chi connectivity index (χ0n) is 15.0. The number of hydrogen-bond acceptors (Lipinski definition) is 4. The van der Waals surface area contributed by atoms with Gasteiger partial charge in [-0.1, -0.05) is 19.9 Å². The molecule has 0 aromatic carbocycles. The molecule has 4 aliphatic carbocycles. The number of aliphatic hydroxyl groups excluding tert-OH is 2. The van der Waals surface area contributed by atoms with Gasteiger partial charge < -0.3 is 15.3 Å². The number of carboxylic acid groups (broad SMARTS) is 1. The molecule has 4 fully saturated rings. The average molecular weight is 348 g/mol. The number of hydrogen-bond donors (Lipinski definition) is 3. The SMILES string of the molecule is C=C1C(=O)[C@@]23[C@H](O)C[C@H]4[C@@](C)(CCC[C@]4(C)C(=O)O)[C@@H]2CC[C@@H]1[C@H]3O. The summed E-state index contributed by atoms with van der Waals surface area (Å²) in [4.78, 5) is 25.2. The third-order valence-corrected chi connectivity index (χ3v) is 8.62. The second-order valence-corrected chi connectivity index (χ2v) is 9.35. The molecular weight excluding hydrogens is 320 g/mol. The van der Waals surface area contributed by atoms with E-state index < -0.39 is 29.0 Å². The van der Waals surface area contributed by atoms with E-state index in [1.165, 1.54) is 0 Å². The minimum absolute atomic E-state index is 0.178. The number of aliphatic carboxylic acids is 1. The summed E-state index contributed by atoms with van der Waals surface area (Å²) in [6.07, 6.45) is 2.04. The van der Waals surface area contributed by atoms with Gasteiger partial charge in [-0.15, -0.1) is 0 Å². The first-order chi connectivity index (χ1) is 11.6. The van der Waals surface area contributed by atoms with E-state index in [9.17, 15) is 24.9 Å². The Morgan fingerprint density at radius 1 is 1.16 bits per heavy atom. The van der Waals surface area contributed by atoms with Crippen LogP contribution in [0, 0.1) is 34.0 Å². The molecule has 2 bridgehead atoms. The second-order valence-electron chi connectivity index (χ2n) is 9.35. The molecule has 0 heterocycles. The fourth-order valence-electron chi connectivity index (χ4n) is 7.38. The van der Waals surface area contributed by atoms with Crippen molar-refractivity contribution in [2.45, 2.75) is 64.6 Å². The molecule has 1 spiro atoms. The highest BCUT2D eigenvalue weighted by atomic mass is 16.4. The zero-order chi connectivity index (χ0) is 18.4. The highest BCUT2D eigenvalue weighted by molar-refractivity contribution is 6.04. The van der Waals surface area contributed by atoms with Crippen LogP contribution in [0.2, 0.25) is 0 Å². The average Bonchev–Trinajstić information content (AvgIpc) is 2.66. The largest absolute Gasteiger partial charge is 0.481 e. The van der Waals surface area contributed by atoms with Gasteiger partial charge in [0.25, 0.3) is 0 Å². The first kappa shape index (κ1) is 17.2. The van der Waals surface area contributed by atoms with Gasteiger partial charge in [-0.2, -0.15) is 0 Å². The molecule has 0 aromatic rings. The summed E-state index contributed by atoms with van der Waals surface area (Å²) in [5.41, 5.74) is -1.98. The number of carboxylic acids is 1. The molecule has 0 unspecified atom stereocenters. The van der Waals surface area contributed by atoms with Crippen LogP contribution in [0.25, 0.3) is 0 Å². The summed E-state index contributed by atoms with van der Waals surface area (Å²) in [6.45, 7) is 7.80. The van der Waals surface area contributed by atoms with E-state index in [1.54, 1.807) is 6.92 Å². The number of Topliss-reactive ketones (excluding diaryl/α,β-unsaturated/α-hetero) is 1. The fraction of sp³-hybridized carbons (Fsp3) is 0.800. The lowest BCUT2D eigenvalue weighted by Crippen LogP contribution is -2.67. The Morgan fingerprint density at radius 3 is 2.48 bits per heavy atom. The van der Waals surface area contributed by atoms with E-state index >= 15 is 0 Å². The Morgan fingerprint density at radius 2 is 1.84 bits per heavy atom. The van der Waals surface area contributed by atoms with Gasteiger partial charge >= 0.3 is 5.97 Å². The molecule has 138 valence electrons. The smallest absolute Gasteiger partial charge is 0.309 e. The number of ketones is 1. The van der Waals surface area contributed by atoms with Crippen LogP contribution < -0.4 is 0 Å². The Kier molecular flexibility index (Phi) is 3.41. The van der Waals surface area contributed by atoms with Crippen molar-refractivity contribution in [3.63, 3.8) is 0 Å². The fourth-order valence-corrected chi connectivity index (χ4v) is 7.38. The van der Waals surface area contributed by atoms with Crippen molar-refractivity contribution in [1.29, 1.82) is 0 Å². The highest BCUT2D eigenvalue weighted by Crippen LogP contribution is 2.71. The molecule has 4 saturated carbocycles. The van der Waals surface area contributed by atoms with Gasteiger partial charge in [-0.05, 0) is 61.9 Å². The predicted molar refractivity (Wildman–Crippen MR) is 90.6 cm³/mol. The maximum atomic E-state index is 13.1. The molecule has 25 heavy (non-hydrogen) atoms. The second kappa shape index (κ2) is 4.95. The third kappa shape index (κ3) is 1.72. The minimum atomic E-state index is -1.18. The van der Waals surface area contributed by atoms with Gasteiger partial charge in [0.05, 0.1) is 23.0 Å². The molecular formula is C20H28O5. The van der Waals surface area contributed by atoms with E-state index in [1.807, 2.05) is 0 Å². The van der Waals surface area contributed by atoms with E-state index in [2.05, 4.69) is 13.5 Å². The molecule has 3 N–H and O–H groups in total. The van der Waals surface area contributed by atoms with Crippen molar-refractivity contribution in [3.8, 4) is 0 Å². The molecule has 0 radical (unpaired) electrons. The topological polar surface area (TPSA) is 94.8 Å². The normalized spacial score (nSPS) is 54.8. The van der Waals surface area contributed by atoms with Gasteiger partial charge in [0.1, 0.15) is 0 Å². The van der Waals surface area contributed by atoms with Gasteiger partial charge in [0.2, 0.25) is 0 Å². The zero-order valence-corrected chi connectivity index (χ0v) is 15.0. The Hall–Kier alpha value is -1.20. The van der Waals surface area contributed by atoms with E-state index in [0.29, 0.717) is 18.4 Å². The Bertz CT molecular complexity index is 671. The van der Waals surface area contributed by atoms with Crippen molar-refractivity contribution < 1.29 is 24.9 Å². The Balaban J connectivity index is 1.88. The quantitative estimate of drug-likeness (QED) is 0.631. The summed E-state index contributed by atoms with van der Waals surface area (Å²) in [7, 11) is 0. The van der Waals surface area contributed by atoms with E-state index in [4.69, 9.17) is 0 Å². The van der Waals surface area contributed by atoms with Gasteiger partial charge in [0.15, 0.2) is 5.78 Å². The maximum Gasteiger partial charge on any atom is 0.309 e. The monoisotopic (exact) mass is 348 g/mol. The van der Waals surface area contributed by atoms with Gasteiger partial charge in [-0.25, -0.2) is 0 Å². The van der Waals surface area contributed by atoms with Gasteiger partial charge in [0, 0.05) is 5.92 Å². The number of aliphatic hydroxyl groups is 2. The number of fused-ring (bicyclic) bond motifs is 3. The van der Waals surface area contributed by atoms with E-state index in [-0.39, 0.29) is 35.4 Å². The third-order valence-electron chi connectivity index (χ3n) is 8.62. The lowest BCUT2D eigenvalue weighted by atomic mass is 9.39. The number of carbonyl (C=O) groups excluding carboxylic acids is 1. The molecule has 4 rings (SSSR count). The van der Waals surface area contributed by atoms with Crippen molar-refractivity contribution in [1.82, 2.24) is 0 Å². The van der Waals surface area contributed by atoms with Crippen LogP contribution in [-0.2, 0) is 9.59 Å². The molecule has 0 aliphatic heterocycles. The summed E-state index contributed by atoms with van der Waals surface area (Å²) in [6, 6.07) is 0. The first-order valence-corrected chi connectivity index (χ1v) is 9.45. The first-order valence-electron chi connectivity index (χ1n) is 9.45. The molecule has 0 amide bonds. The molecule has 8 atom stereocenters. The predicted octanol–water partition coefficient (Wildman–Crippen LogP) is 2.16. The van der Waals surface area contributed by atoms with E-state index in [0.717, 1.165) is 19.3 Å². The molecule has 5 nitrogen and oxygen atoms in total. The summed E-state index contributed by atoms with van der Waals surface area (Å²) >= 11 is 0. The lowest BCUT2D eigenvalue weighted by Gasteiger charge is -2.64. The summed E-state index contributed by atoms with van der Waals surface area (Å²) in [5, 5.41) is 32.0. The van der Waals surface area contributed by atoms with Crippen LogP contribution in [0.5, 0.6) is 0 Å². The summed E-state index contributed by atoms with van der Waals surface area (Å²) < 4.78 is 0. The van der Waals surface area contributed by atoms with Crippen molar-refractivity contribution >= 4 is 11.8 Å². The van der Waals surface area contributed by atoms with Gasteiger partial charge in [-0.3, -0.25) is 9.59 Å². The highest BCUT2D eigenvalue weighted by Gasteiger charge is 2.74. The molecule has 5 heteroatoms. The summed E-state index contributed by atoms with van der Waals surface area (Å²) in [5.74, 6) is -1.63. The van der Waals surface area contributed by atoms with Crippen LogP contribution >= 0.6 is 0 Å². The Labute approximate surface area is 148 Å². The molecule has 0 saturated heterocycles. The number of carbonyl (C=O) groups is 2. The molecule has 4 aliphatic rings. The van der Waals surface area contributed by atoms with Crippen LogP contribution in [-0.4, -0.2) is 39.3 Å².